The number of nitrogens with zero attached hydrogens (tertiary/aromatic N) is 1. The van der Waals surface area contributed by atoms with Gasteiger partial charge in [0, 0.05) is 10.6 Å². The molecule has 3 nitrogen and oxygen atoms in total. The summed E-state index contributed by atoms with van der Waals surface area (Å²) in [5.74, 6) is 0. The minimum Gasteiger partial charge on any atom is -0.268 e. The van der Waals surface area contributed by atoms with Crippen LogP contribution in [0.2, 0.25) is 0 Å². The Hall–Kier alpha value is -0.600. The van der Waals surface area contributed by atoms with Crippen LogP contribution in [0.5, 0.6) is 0 Å². The zero-order valence-corrected chi connectivity index (χ0v) is 12.8. The SMILES string of the molecule is CN(c1ccccc1I)S(=O)(=O)c1cccs1. The fourth-order valence-corrected chi connectivity index (χ4v) is 4.67. The molecule has 0 saturated heterocycles. The van der Waals surface area contributed by atoms with Crippen molar-refractivity contribution < 1.29 is 8.42 Å². The van der Waals surface area contributed by atoms with E-state index < -0.39 is 10.0 Å². The van der Waals surface area contributed by atoms with Crippen LogP contribution >= 0.6 is 33.9 Å². The first-order valence-electron chi connectivity index (χ1n) is 4.80. The maximum atomic E-state index is 12.3. The van der Waals surface area contributed by atoms with Crippen LogP contribution in [-0.2, 0) is 10.0 Å². The molecule has 0 aliphatic rings. The summed E-state index contributed by atoms with van der Waals surface area (Å²) >= 11 is 3.36. The van der Waals surface area contributed by atoms with Crippen molar-refractivity contribution in [2.75, 3.05) is 11.4 Å². The fourth-order valence-electron chi connectivity index (χ4n) is 1.38. The fraction of sp³-hybridized carbons (Fsp3) is 0.0909. The van der Waals surface area contributed by atoms with Gasteiger partial charge in [0.15, 0.2) is 0 Å². The van der Waals surface area contributed by atoms with E-state index in [1.807, 2.05) is 18.2 Å². The highest BCUT2D eigenvalue weighted by molar-refractivity contribution is 14.1. The highest BCUT2D eigenvalue weighted by Gasteiger charge is 2.23. The van der Waals surface area contributed by atoms with E-state index in [0.717, 1.165) is 3.57 Å². The Balaban J connectivity index is 2.46. The number of hydrogen-bond donors (Lipinski definition) is 0. The predicted octanol–water partition coefficient (Wildman–Crippen LogP) is 3.18. The Bertz CT molecular complexity index is 608. The smallest absolute Gasteiger partial charge is 0.268 e. The van der Waals surface area contributed by atoms with Crippen LogP contribution in [-0.4, -0.2) is 15.5 Å². The van der Waals surface area contributed by atoms with Crippen LogP contribution in [0, 0.1) is 3.57 Å². The predicted molar refractivity (Wildman–Crippen MR) is 79.1 cm³/mol. The van der Waals surface area contributed by atoms with Gasteiger partial charge in [-0.15, -0.1) is 11.3 Å². The number of halogens is 1. The Morgan fingerprint density at radius 3 is 2.47 bits per heavy atom. The van der Waals surface area contributed by atoms with E-state index in [9.17, 15) is 8.42 Å². The Morgan fingerprint density at radius 2 is 1.88 bits per heavy atom. The summed E-state index contributed by atoms with van der Waals surface area (Å²) in [6, 6.07) is 10.8. The lowest BCUT2D eigenvalue weighted by Gasteiger charge is -2.19. The van der Waals surface area contributed by atoms with E-state index in [0.29, 0.717) is 9.90 Å². The van der Waals surface area contributed by atoms with E-state index in [2.05, 4.69) is 22.6 Å². The quantitative estimate of drug-likeness (QED) is 0.769. The van der Waals surface area contributed by atoms with Gasteiger partial charge in [0.05, 0.1) is 5.69 Å². The molecule has 0 saturated carbocycles. The minimum absolute atomic E-state index is 0.361. The molecule has 0 spiro atoms. The van der Waals surface area contributed by atoms with Crippen molar-refractivity contribution in [3.05, 3.63) is 45.3 Å². The average Bonchev–Trinajstić information content (AvgIpc) is 2.83. The average molecular weight is 379 g/mol. The van der Waals surface area contributed by atoms with Gasteiger partial charge in [0.25, 0.3) is 10.0 Å². The first kappa shape index (κ1) is 12.8. The minimum atomic E-state index is -3.42. The van der Waals surface area contributed by atoms with Crippen LogP contribution in [0.3, 0.4) is 0 Å². The standard InChI is InChI=1S/C11H10INO2S2/c1-13(10-6-3-2-5-9(10)12)17(14,15)11-7-4-8-16-11/h2-8H,1H3. The van der Waals surface area contributed by atoms with Crippen molar-refractivity contribution in [3.63, 3.8) is 0 Å². The van der Waals surface area contributed by atoms with Gasteiger partial charge in [-0.05, 0) is 46.2 Å². The molecule has 0 aliphatic heterocycles. The van der Waals surface area contributed by atoms with Crippen molar-refractivity contribution in [3.8, 4) is 0 Å². The highest BCUT2D eigenvalue weighted by atomic mass is 127. The van der Waals surface area contributed by atoms with Crippen molar-refractivity contribution in [2.24, 2.45) is 0 Å². The monoisotopic (exact) mass is 379 g/mol. The summed E-state index contributed by atoms with van der Waals surface area (Å²) in [6.07, 6.45) is 0. The zero-order valence-electron chi connectivity index (χ0n) is 9.00. The molecule has 0 aliphatic carbocycles. The number of hydrogen-bond acceptors (Lipinski definition) is 3. The Labute approximate surface area is 118 Å². The molecule has 6 heteroatoms. The Morgan fingerprint density at radius 1 is 1.18 bits per heavy atom. The molecule has 0 fully saturated rings. The van der Waals surface area contributed by atoms with Crippen LogP contribution in [0.1, 0.15) is 0 Å². The summed E-state index contributed by atoms with van der Waals surface area (Å²) in [4.78, 5) is 0. The van der Waals surface area contributed by atoms with Gasteiger partial charge in [-0.1, -0.05) is 18.2 Å². The van der Waals surface area contributed by atoms with E-state index in [-0.39, 0.29) is 0 Å². The van der Waals surface area contributed by atoms with Gasteiger partial charge in [0.2, 0.25) is 0 Å². The second kappa shape index (κ2) is 4.95. The summed E-state index contributed by atoms with van der Waals surface area (Å²) < 4.78 is 27.1. The first-order chi connectivity index (χ1) is 8.03. The third kappa shape index (κ3) is 2.48. The first-order valence-corrected chi connectivity index (χ1v) is 8.20. The third-order valence-corrected chi connectivity index (χ3v) is 6.36. The van der Waals surface area contributed by atoms with Gasteiger partial charge in [0.1, 0.15) is 4.21 Å². The van der Waals surface area contributed by atoms with Crippen molar-refractivity contribution in [1.82, 2.24) is 0 Å². The molecule has 0 bridgehead atoms. The number of benzene rings is 1. The van der Waals surface area contributed by atoms with Crippen molar-refractivity contribution in [2.45, 2.75) is 4.21 Å². The molecule has 2 rings (SSSR count). The van der Waals surface area contributed by atoms with Gasteiger partial charge in [-0.25, -0.2) is 8.42 Å². The molecule has 2 aromatic rings. The van der Waals surface area contributed by atoms with Crippen LogP contribution in [0.4, 0.5) is 5.69 Å². The molecule has 0 atom stereocenters. The van der Waals surface area contributed by atoms with Gasteiger partial charge < -0.3 is 0 Å². The van der Waals surface area contributed by atoms with Crippen LogP contribution < -0.4 is 4.31 Å². The normalized spacial score (nSPS) is 11.4. The van der Waals surface area contributed by atoms with Gasteiger partial charge >= 0.3 is 0 Å². The summed E-state index contributed by atoms with van der Waals surface area (Å²) in [7, 11) is -1.85. The third-order valence-electron chi connectivity index (χ3n) is 2.30. The van der Waals surface area contributed by atoms with E-state index in [4.69, 9.17) is 0 Å². The molecule has 1 heterocycles. The van der Waals surface area contributed by atoms with Crippen LogP contribution in [0.15, 0.2) is 46.0 Å². The number of thiophene rings is 1. The van der Waals surface area contributed by atoms with Crippen molar-refractivity contribution in [1.29, 1.82) is 0 Å². The summed E-state index contributed by atoms with van der Waals surface area (Å²) in [5, 5.41) is 1.76. The topological polar surface area (TPSA) is 37.4 Å². The van der Waals surface area contributed by atoms with E-state index in [1.165, 1.54) is 15.6 Å². The second-order valence-corrected chi connectivity index (χ2v) is 7.66. The number of para-hydroxylation sites is 1. The largest absolute Gasteiger partial charge is 0.273 e. The summed E-state index contributed by atoms with van der Waals surface area (Å²) in [6.45, 7) is 0. The zero-order chi connectivity index (χ0) is 12.5. The Kier molecular flexibility index (Phi) is 3.74. The van der Waals surface area contributed by atoms with Crippen LogP contribution in [0.25, 0.3) is 0 Å². The summed E-state index contributed by atoms with van der Waals surface area (Å²) in [5.41, 5.74) is 0.696. The van der Waals surface area contributed by atoms with Gasteiger partial charge in [-0.3, -0.25) is 4.31 Å². The highest BCUT2D eigenvalue weighted by Crippen LogP contribution is 2.28. The molecular formula is C11H10INO2S2. The van der Waals surface area contributed by atoms with Crippen molar-refractivity contribution >= 4 is 49.6 Å². The maximum absolute atomic E-state index is 12.3. The lowest BCUT2D eigenvalue weighted by Crippen LogP contribution is -2.26. The molecule has 1 aromatic heterocycles. The molecular weight excluding hydrogens is 369 g/mol. The molecule has 0 radical (unpaired) electrons. The molecule has 1 aromatic carbocycles. The maximum Gasteiger partial charge on any atom is 0.273 e. The lowest BCUT2D eigenvalue weighted by atomic mass is 10.3. The number of anilines is 1. The number of sulfonamides is 1. The molecule has 90 valence electrons. The molecule has 0 unspecified atom stereocenters. The molecule has 17 heavy (non-hydrogen) atoms. The van der Waals surface area contributed by atoms with Gasteiger partial charge in [-0.2, -0.15) is 0 Å². The number of rotatable bonds is 3. The molecule has 0 amide bonds. The second-order valence-electron chi connectivity index (χ2n) is 3.36. The lowest BCUT2D eigenvalue weighted by molar-refractivity contribution is 0.596. The van der Waals surface area contributed by atoms with E-state index in [1.54, 1.807) is 30.6 Å². The molecule has 0 N–H and O–H groups in total. The van der Waals surface area contributed by atoms with E-state index >= 15 is 0 Å².